The van der Waals surface area contributed by atoms with E-state index < -0.39 is 8.32 Å². The van der Waals surface area contributed by atoms with Crippen LogP contribution in [0.15, 0.2) is 23.7 Å². The van der Waals surface area contributed by atoms with E-state index in [4.69, 9.17) is 13.7 Å². The molecule has 0 radical (unpaired) electrons. The Morgan fingerprint density at radius 3 is 2.18 bits per heavy atom. The molecule has 0 bridgehead atoms. The Kier molecular flexibility index (Phi) is 6.96. The number of fused-ring (bicyclic) bond motifs is 5. The van der Waals surface area contributed by atoms with E-state index in [1.165, 1.54) is 50.4 Å². The van der Waals surface area contributed by atoms with Crippen LogP contribution < -0.4 is 0 Å². The van der Waals surface area contributed by atoms with Crippen molar-refractivity contribution in [2.75, 3.05) is 0 Å². The first-order valence-electron chi connectivity index (χ1n) is 15.7. The van der Waals surface area contributed by atoms with E-state index in [0.29, 0.717) is 22.9 Å². The van der Waals surface area contributed by atoms with Gasteiger partial charge in [0, 0.05) is 6.10 Å². The summed E-state index contributed by atoms with van der Waals surface area (Å²) in [4.78, 5) is 0. The van der Waals surface area contributed by atoms with Crippen LogP contribution in [0.1, 0.15) is 114 Å². The van der Waals surface area contributed by atoms with Gasteiger partial charge in [-0.1, -0.05) is 46.3 Å². The lowest BCUT2D eigenvalue weighted by Gasteiger charge is -2.58. The molecule has 5 aliphatic rings. The molecule has 0 N–H and O–H groups in total. The Balaban J connectivity index is 1.31. The van der Waals surface area contributed by atoms with Gasteiger partial charge in [0.25, 0.3) is 0 Å². The normalized spacial score (nSPS) is 42.2. The monoisotopic (exact) mass is 540 g/mol. The van der Waals surface area contributed by atoms with Crippen molar-refractivity contribution in [3.05, 3.63) is 23.7 Å². The number of hydrogen-bond acceptors (Lipinski definition) is 3. The van der Waals surface area contributed by atoms with Gasteiger partial charge in [0.15, 0.2) is 8.32 Å². The Bertz CT molecular complexity index is 977. The van der Waals surface area contributed by atoms with Crippen molar-refractivity contribution in [3.63, 3.8) is 0 Å². The molecule has 0 aromatic carbocycles. The Morgan fingerprint density at radius 1 is 0.947 bits per heavy atom. The van der Waals surface area contributed by atoms with Gasteiger partial charge in [-0.3, -0.25) is 0 Å². The molecule has 1 aliphatic heterocycles. The van der Waals surface area contributed by atoms with Crippen LogP contribution in [0.2, 0.25) is 18.1 Å². The van der Waals surface area contributed by atoms with Crippen LogP contribution >= 0.6 is 0 Å². The van der Waals surface area contributed by atoms with E-state index in [2.05, 4.69) is 88.1 Å². The third-order valence-electron chi connectivity index (χ3n) is 13.3. The van der Waals surface area contributed by atoms with Crippen LogP contribution in [-0.2, 0) is 13.7 Å². The maximum absolute atomic E-state index is 6.94. The van der Waals surface area contributed by atoms with Crippen molar-refractivity contribution in [2.45, 2.75) is 149 Å². The Morgan fingerprint density at radius 2 is 1.58 bits per heavy atom. The highest BCUT2D eigenvalue weighted by atomic mass is 28.4. The maximum Gasteiger partial charge on any atom is 0.490 e. The second-order valence-corrected chi connectivity index (χ2v) is 21.6. The van der Waals surface area contributed by atoms with E-state index in [0.717, 1.165) is 24.2 Å². The highest BCUT2D eigenvalue weighted by Gasteiger charge is 2.61. The number of hydrogen-bond donors (Lipinski definition) is 0. The molecular weight excluding hydrogens is 483 g/mol. The first-order chi connectivity index (χ1) is 17.3. The van der Waals surface area contributed by atoms with E-state index in [9.17, 15) is 0 Å². The molecule has 38 heavy (non-hydrogen) atoms. The van der Waals surface area contributed by atoms with Crippen LogP contribution in [0.3, 0.4) is 0 Å². The van der Waals surface area contributed by atoms with Gasteiger partial charge in [-0.2, -0.15) is 0 Å². The molecule has 3 saturated carbocycles. The zero-order valence-electron chi connectivity index (χ0n) is 26.6. The molecule has 4 fully saturated rings. The molecule has 5 heteroatoms. The standard InChI is InChI=1S/C33H57BO3Si/c1-22(34-36-30(5,6)31(7,8)37-34)26-15-16-27-25-14-13-23-21-24(35-38(11,12)29(2,3)4)17-19-32(23,9)28(25)18-20-33(26,27)10/h13,24-28H,1,14-21H2,2-12H3/t24-,25-,26+,27-,28-,32-,33+/m0/s1. The largest absolute Gasteiger partial charge is 0.490 e. The zero-order chi connectivity index (χ0) is 28.1. The van der Waals surface area contributed by atoms with Crippen molar-refractivity contribution in [1.82, 2.24) is 0 Å². The van der Waals surface area contributed by atoms with Gasteiger partial charge >= 0.3 is 7.12 Å². The van der Waals surface area contributed by atoms with Crippen molar-refractivity contribution < 1.29 is 13.7 Å². The lowest BCUT2D eigenvalue weighted by molar-refractivity contribution is -0.0440. The summed E-state index contributed by atoms with van der Waals surface area (Å²) in [5.41, 5.74) is 3.00. The van der Waals surface area contributed by atoms with E-state index >= 15 is 0 Å². The summed E-state index contributed by atoms with van der Waals surface area (Å²) < 4.78 is 19.9. The van der Waals surface area contributed by atoms with Gasteiger partial charge in [-0.15, -0.1) is 6.58 Å². The maximum atomic E-state index is 6.94. The van der Waals surface area contributed by atoms with Crippen molar-refractivity contribution in [2.24, 2.45) is 34.5 Å². The SMILES string of the molecule is C=C(B1OC(C)(C)C(C)(C)O1)[C@H]1CC[C@H]2[C@@H]3CC=C4C[C@@H](O[Si](C)(C)C(C)(C)C)CC[C@]4(C)[C@H]3CC[C@]12C. The van der Waals surface area contributed by atoms with Crippen LogP contribution in [0, 0.1) is 34.5 Å². The smallest absolute Gasteiger partial charge is 0.414 e. The molecule has 0 aromatic heterocycles. The summed E-state index contributed by atoms with van der Waals surface area (Å²) in [6.45, 7) is 30.4. The summed E-state index contributed by atoms with van der Waals surface area (Å²) in [5.74, 6) is 2.89. The van der Waals surface area contributed by atoms with Gasteiger partial charge in [-0.05, 0) is 137 Å². The summed E-state index contributed by atoms with van der Waals surface area (Å²) >= 11 is 0. The molecule has 214 valence electrons. The second-order valence-electron chi connectivity index (χ2n) is 16.8. The van der Waals surface area contributed by atoms with Crippen molar-refractivity contribution in [3.8, 4) is 0 Å². The predicted molar refractivity (Wildman–Crippen MR) is 162 cm³/mol. The summed E-state index contributed by atoms with van der Waals surface area (Å²) in [6, 6.07) is 0. The molecule has 4 aliphatic carbocycles. The third kappa shape index (κ3) is 4.40. The molecular formula is C33H57BO3Si. The molecule has 5 rings (SSSR count). The third-order valence-corrected chi connectivity index (χ3v) is 17.9. The summed E-state index contributed by atoms with van der Waals surface area (Å²) in [7, 11) is -2.01. The quantitative estimate of drug-likeness (QED) is 0.263. The molecule has 7 atom stereocenters. The number of allylic oxidation sites excluding steroid dienone is 2. The minimum absolute atomic E-state index is 0.273. The fourth-order valence-electron chi connectivity index (χ4n) is 9.09. The van der Waals surface area contributed by atoms with Crippen LogP contribution in [0.4, 0.5) is 0 Å². The van der Waals surface area contributed by atoms with Crippen LogP contribution in [0.5, 0.6) is 0 Å². The Hall–Kier alpha value is -0.358. The lowest BCUT2D eigenvalue weighted by Crippen LogP contribution is -2.52. The topological polar surface area (TPSA) is 27.7 Å². The van der Waals surface area contributed by atoms with E-state index in [1.807, 2.05) is 0 Å². The van der Waals surface area contributed by atoms with E-state index in [1.54, 1.807) is 5.57 Å². The average Bonchev–Trinajstić information content (AvgIpc) is 3.24. The first kappa shape index (κ1) is 29.1. The average molecular weight is 541 g/mol. The molecule has 1 saturated heterocycles. The molecule has 0 aromatic rings. The van der Waals surface area contributed by atoms with Crippen LogP contribution in [-0.4, -0.2) is 32.7 Å². The Labute approximate surface area is 236 Å². The van der Waals surface area contributed by atoms with Gasteiger partial charge in [0.05, 0.1) is 11.2 Å². The number of rotatable bonds is 4. The van der Waals surface area contributed by atoms with Crippen molar-refractivity contribution in [1.29, 1.82) is 0 Å². The second kappa shape index (κ2) is 9.07. The first-order valence-corrected chi connectivity index (χ1v) is 18.6. The summed E-state index contributed by atoms with van der Waals surface area (Å²) in [5, 5.41) is 0.275. The van der Waals surface area contributed by atoms with E-state index in [-0.39, 0.29) is 23.4 Å². The van der Waals surface area contributed by atoms with Gasteiger partial charge in [-0.25, -0.2) is 0 Å². The van der Waals surface area contributed by atoms with Gasteiger partial charge in [0.1, 0.15) is 0 Å². The van der Waals surface area contributed by atoms with Crippen molar-refractivity contribution >= 4 is 15.4 Å². The minimum Gasteiger partial charge on any atom is -0.414 e. The fraction of sp³-hybridized carbons (Fsp3) is 0.879. The molecule has 1 heterocycles. The highest BCUT2D eigenvalue weighted by Crippen LogP contribution is 2.67. The van der Waals surface area contributed by atoms with Crippen LogP contribution in [0.25, 0.3) is 0 Å². The zero-order valence-corrected chi connectivity index (χ0v) is 27.6. The molecule has 3 nitrogen and oxygen atoms in total. The predicted octanol–water partition coefficient (Wildman–Crippen LogP) is 9.14. The molecule has 0 unspecified atom stereocenters. The molecule has 0 spiro atoms. The van der Waals surface area contributed by atoms with Gasteiger partial charge < -0.3 is 13.7 Å². The van der Waals surface area contributed by atoms with Gasteiger partial charge in [0.2, 0.25) is 0 Å². The fourth-order valence-corrected chi connectivity index (χ4v) is 10.5. The lowest BCUT2D eigenvalue weighted by atomic mass is 9.46. The highest BCUT2D eigenvalue weighted by molar-refractivity contribution is 6.74. The minimum atomic E-state index is -1.74. The summed E-state index contributed by atoms with van der Waals surface area (Å²) in [6.07, 6.45) is 13.3. The molecule has 0 amide bonds.